The maximum Gasteiger partial charge on any atom is 0.339 e. The summed E-state index contributed by atoms with van der Waals surface area (Å²) in [5.74, 6) is -0.521. The molecule has 0 saturated heterocycles. The van der Waals surface area contributed by atoms with E-state index in [0.717, 1.165) is 18.2 Å². The zero-order chi connectivity index (χ0) is 20.7. The SMILES string of the molecule is O=S(=O)(Cl)c1ccc2cc(OS(=O)(=O)c3ccccc3)c(S(=O)(=O)Cl)cc2c1. The minimum Gasteiger partial charge on any atom is -0.377 e. The van der Waals surface area contributed by atoms with Crippen LogP contribution in [0.25, 0.3) is 10.8 Å². The average molecular weight is 481 g/mol. The van der Waals surface area contributed by atoms with E-state index < -0.39 is 38.9 Å². The third-order valence-corrected chi connectivity index (χ3v) is 7.59. The number of halogens is 2. The molecule has 0 aromatic heterocycles. The lowest BCUT2D eigenvalue weighted by Crippen LogP contribution is -2.11. The van der Waals surface area contributed by atoms with E-state index >= 15 is 0 Å². The highest BCUT2D eigenvalue weighted by molar-refractivity contribution is 8.14. The van der Waals surface area contributed by atoms with Crippen LogP contribution in [0.1, 0.15) is 0 Å². The topological polar surface area (TPSA) is 112 Å². The van der Waals surface area contributed by atoms with Crippen molar-refractivity contribution in [2.24, 2.45) is 0 Å². The number of hydrogen-bond donors (Lipinski definition) is 0. The van der Waals surface area contributed by atoms with Gasteiger partial charge in [-0.2, -0.15) is 8.42 Å². The molecule has 7 nitrogen and oxygen atoms in total. The minimum absolute atomic E-state index is 0.158. The zero-order valence-electron chi connectivity index (χ0n) is 13.6. The second-order valence-electron chi connectivity index (χ2n) is 5.53. The lowest BCUT2D eigenvalue weighted by Gasteiger charge is -2.12. The number of benzene rings is 3. The van der Waals surface area contributed by atoms with Crippen LogP contribution in [0.3, 0.4) is 0 Å². The first-order chi connectivity index (χ1) is 12.9. The highest BCUT2D eigenvalue weighted by Crippen LogP contribution is 2.35. The van der Waals surface area contributed by atoms with Crippen LogP contribution >= 0.6 is 21.4 Å². The van der Waals surface area contributed by atoms with Gasteiger partial charge in [-0.25, -0.2) is 16.8 Å². The van der Waals surface area contributed by atoms with Crippen molar-refractivity contribution < 1.29 is 29.4 Å². The molecule has 148 valence electrons. The fourth-order valence-electron chi connectivity index (χ4n) is 2.39. The third-order valence-electron chi connectivity index (χ3n) is 3.65. The molecule has 0 saturated carbocycles. The van der Waals surface area contributed by atoms with Gasteiger partial charge in [0.15, 0.2) is 5.75 Å². The summed E-state index contributed by atoms with van der Waals surface area (Å²) in [6.45, 7) is 0. The zero-order valence-corrected chi connectivity index (χ0v) is 17.6. The van der Waals surface area contributed by atoms with Gasteiger partial charge in [-0.3, -0.25) is 0 Å². The van der Waals surface area contributed by atoms with Gasteiger partial charge in [0.1, 0.15) is 9.79 Å². The van der Waals surface area contributed by atoms with Crippen LogP contribution in [0, 0.1) is 0 Å². The fraction of sp³-hybridized carbons (Fsp3) is 0. The Hall–Kier alpha value is -1.85. The van der Waals surface area contributed by atoms with Crippen molar-refractivity contribution in [2.75, 3.05) is 0 Å². The van der Waals surface area contributed by atoms with Crippen LogP contribution in [-0.4, -0.2) is 25.3 Å². The van der Waals surface area contributed by atoms with Crippen molar-refractivity contribution in [1.82, 2.24) is 0 Å². The van der Waals surface area contributed by atoms with Crippen LogP contribution in [0.5, 0.6) is 5.75 Å². The second-order valence-corrected chi connectivity index (χ2v) is 12.2. The third kappa shape index (κ3) is 4.41. The smallest absolute Gasteiger partial charge is 0.339 e. The lowest BCUT2D eigenvalue weighted by atomic mass is 10.1. The van der Waals surface area contributed by atoms with Crippen LogP contribution in [-0.2, 0) is 28.2 Å². The van der Waals surface area contributed by atoms with Crippen molar-refractivity contribution in [3.05, 3.63) is 60.7 Å². The first-order valence-electron chi connectivity index (χ1n) is 7.35. The molecule has 0 atom stereocenters. The first kappa shape index (κ1) is 20.9. The predicted molar refractivity (Wildman–Crippen MR) is 104 cm³/mol. The van der Waals surface area contributed by atoms with E-state index in [1.165, 1.54) is 36.4 Å². The number of hydrogen-bond acceptors (Lipinski definition) is 7. The van der Waals surface area contributed by atoms with Gasteiger partial charge in [-0.1, -0.05) is 24.3 Å². The van der Waals surface area contributed by atoms with E-state index in [4.69, 9.17) is 25.5 Å². The second kappa shape index (κ2) is 7.20. The summed E-state index contributed by atoms with van der Waals surface area (Å²) in [4.78, 5) is -1.08. The molecule has 3 aromatic rings. The van der Waals surface area contributed by atoms with Crippen LogP contribution in [0.4, 0.5) is 0 Å². The lowest BCUT2D eigenvalue weighted by molar-refractivity contribution is 0.479. The molecule has 0 spiro atoms. The van der Waals surface area contributed by atoms with E-state index in [9.17, 15) is 25.3 Å². The van der Waals surface area contributed by atoms with Gasteiger partial charge in [-0.05, 0) is 47.2 Å². The Balaban J connectivity index is 2.22. The van der Waals surface area contributed by atoms with E-state index in [1.54, 1.807) is 6.07 Å². The highest BCUT2D eigenvalue weighted by atomic mass is 35.7. The van der Waals surface area contributed by atoms with Gasteiger partial charge in [0.2, 0.25) is 0 Å². The molecule has 0 fully saturated rings. The Morgan fingerprint density at radius 3 is 1.86 bits per heavy atom. The Labute approximate surface area is 170 Å². The molecule has 0 bridgehead atoms. The Bertz CT molecular complexity index is 1380. The molecule has 0 aliphatic rings. The largest absolute Gasteiger partial charge is 0.377 e. The summed E-state index contributed by atoms with van der Waals surface area (Å²) in [6.07, 6.45) is 0. The van der Waals surface area contributed by atoms with E-state index in [-0.39, 0.29) is 15.2 Å². The molecule has 0 aliphatic carbocycles. The molecule has 0 unspecified atom stereocenters. The normalized spacial score (nSPS) is 12.8. The Morgan fingerprint density at radius 2 is 1.29 bits per heavy atom. The Kier molecular flexibility index (Phi) is 5.36. The molecule has 3 rings (SSSR count). The van der Waals surface area contributed by atoms with Crippen LogP contribution < -0.4 is 4.18 Å². The summed E-state index contributed by atoms with van der Waals surface area (Å²) < 4.78 is 76.8. The van der Waals surface area contributed by atoms with Crippen LogP contribution in [0.2, 0.25) is 0 Å². The molecular weight excluding hydrogens is 471 g/mol. The summed E-state index contributed by atoms with van der Waals surface area (Å²) in [7, 11) is -2.10. The van der Waals surface area contributed by atoms with Crippen molar-refractivity contribution in [1.29, 1.82) is 0 Å². The molecular formula is C16H10Cl2O7S3. The van der Waals surface area contributed by atoms with Gasteiger partial charge < -0.3 is 4.18 Å². The van der Waals surface area contributed by atoms with Crippen molar-refractivity contribution in [3.63, 3.8) is 0 Å². The number of fused-ring (bicyclic) bond motifs is 1. The number of rotatable bonds is 5. The van der Waals surface area contributed by atoms with Crippen molar-refractivity contribution in [2.45, 2.75) is 14.7 Å². The summed E-state index contributed by atoms with van der Waals surface area (Å²) in [6, 6.07) is 12.9. The summed E-state index contributed by atoms with van der Waals surface area (Å²) in [5.41, 5.74) is 0. The molecule has 0 amide bonds. The van der Waals surface area contributed by atoms with Gasteiger partial charge >= 0.3 is 10.1 Å². The van der Waals surface area contributed by atoms with Gasteiger partial charge in [0.05, 0.1) is 4.90 Å². The standard InChI is InChI=1S/C16H10Cl2O7S3/c17-26(19,20)14-7-6-11-9-15(16(27(18,21)22)10-12(11)8-14)25-28(23,24)13-4-2-1-3-5-13/h1-10H. The van der Waals surface area contributed by atoms with E-state index in [2.05, 4.69) is 0 Å². The molecule has 3 aromatic carbocycles. The summed E-state index contributed by atoms with van der Waals surface area (Å²) in [5, 5.41) is 0.469. The fourth-order valence-corrected chi connectivity index (χ4v) is 5.17. The van der Waals surface area contributed by atoms with Crippen molar-refractivity contribution >= 4 is 60.4 Å². The van der Waals surface area contributed by atoms with E-state index in [1.807, 2.05) is 0 Å². The molecule has 0 aliphatic heterocycles. The highest BCUT2D eigenvalue weighted by Gasteiger charge is 2.24. The molecule has 0 N–H and O–H groups in total. The molecule has 28 heavy (non-hydrogen) atoms. The average Bonchev–Trinajstić information content (AvgIpc) is 2.59. The van der Waals surface area contributed by atoms with Gasteiger partial charge in [-0.15, -0.1) is 0 Å². The maximum atomic E-state index is 12.4. The maximum absolute atomic E-state index is 12.4. The predicted octanol–water partition coefficient (Wildman–Crippen LogP) is 3.46. The molecule has 0 heterocycles. The molecule has 0 radical (unpaired) electrons. The monoisotopic (exact) mass is 480 g/mol. The first-order valence-corrected chi connectivity index (χ1v) is 13.4. The van der Waals surface area contributed by atoms with Crippen molar-refractivity contribution in [3.8, 4) is 5.75 Å². The Morgan fingerprint density at radius 1 is 0.643 bits per heavy atom. The van der Waals surface area contributed by atoms with Gasteiger partial charge in [0, 0.05) is 21.4 Å². The quantitative estimate of drug-likeness (QED) is 0.405. The molecule has 12 heteroatoms. The van der Waals surface area contributed by atoms with E-state index in [0.29, 0.717) is 5.39 Å². The summed E-state index contributed by atoms with van der Waals surface area (Å²) >= 11 is 0. The van der Waals surface area contributed by atoms with Gasteiger partial charge in [0.25, 0.3) is 18.1 Å². The minimum atomic E-state index is -4.43. The van der Waals surface area contributed by atoms with Crippen LogP contribution in [0.15, 0.2) is 75.4 Å².